The lowest BCUT2D eigenvalue weighted by Crippen LogP contribution is -2.30. The van der Waals surface area contributed by atoms with Crippen molar-refractivity contribution in [2.24, 2.45) is 0 Å². The molecule has 0 heterocycles. The summed E-state index contributed by atoms with van der Waals surface area (Å²) < 4.78 is 6.38. The van der Waals surface area contributed by atoms with Gasteiger partial charge in [-0.05, 0) is 55.3 Å². The first-order valence-electron chi connectivity index (χ1n) is 7.19. The molecule has 22 heavy (non-hydrogen) atoms. The van der Waals surface area contributed by atoms with E-state index in [1.54, 1.807) is 0 Å². The Labute approximate surface area is 139 Å². The Morgan fingerprint density at radius 2 is 1.77 bits per heavy atom. The summed E-state index contributed by atoms with van der Waals surface area (Å²) in [7, 11) is 0. The molecule has 2 N–H and O–H groups in total. The van der Waals surface area contributed by atoms with Gasteiger partial charge in [0.25, 0.3) is 0 Å². The van der Waals surface area contributed by atoms with Crippen molar-refractivity contribution in [3.63, 3.8) is 0 Å². The summed E-state index contributed by atoms with van der Waals surface area (Å²) in [5.74, 6) is 0.868. The fraction of sp³-hybridized carbons (Fsp3) is 0.235. The Balaban J connectivity index is 1.73. The topological polar surface area (TPSA) is 50.4 Å². The number of urea groups is 1. The minimum Gasteiger partial charge on any atom is -0.494 e. The Bertz CT molecular complexity index is 597. The largest absolute Gasteiger partial charge is 0.494 e. The first-order valence-corrected chi connectivity index (χ1v) is 7.99. The van der Waals surface area contributed by atoms with Crippen molar-refractivity contribution < 1.29 is 9.53 Å². The van der Waals surface area contributed by atoms with Crippen LogP contribution in [-0.2, 0) is 6.42 Å². The Morgan fingerprint density at radius 3 is 2.41 bits per heavy atom. The van der Waals surface area contributed by atoms with Gasteiger partial charge in [-0.2, -0.15) is 0 Å². The molecule has 2 aromatic carbocycles. The van der Waals surface area contributed by atoms with E-state index < -0.39 is 0 Å². The van der Waals surface area contributed by atoms with Crippen LogP contribution in [0.2, 0.25) is 0 Å². The molecule has 0 bridgehead atoms. The van der Waals surface area contributed by atoms with E-state index in [1.165, 1.54) is 0 Å². The molecule has 0 fully saturated rings. The van der Waals surface area contributed by atoms with Gasteiger partial charge >= 0.3 is 6.03 Å². The monoisotopic (exact) mass is 362 g/mol. The van der Waals surface area contributed by atoms with E-state index >= 15 is 0 Å². The lowest BCUT2D eigenvalue weighted by molar-refractivity contribution is 0.252. The Morgan fingerprint density at radius 1 is 1.09 bits per heavy atom. The third-order valence-corrected chi connectivity index (χ3v) is 3.56. The third kappa shape index (κ3) is 5.41. The molecule has 5 heteroatoms. The molecule has 0 saturated heterocycles. The summed E-state index contributed by atoms with van der Waals surface area (Å²) in [4.78, 5) is 11.8. The lowest BCUT2D eigenvalue weighted by Gasteiger charge is -2.08. The van der Waals surface area contributed by atoms with Crippen LogP contribution in [0.4, 0.5) is 10.5 Å². The first kappa shape index (κ1) is 16.4. The van der Waals surface area contributed by atoms with E-state index in [4.69, 9.17) is 4.74 Å². The molecule has 0 aromatic heterocycles. The highest BCUT2D eigenvalue weighted by molar-refractivity contribution is 9.10. The maximum atomic E-state index is 11.8. The van der Waals surface area contributed by atoms with Gasteiger partial charge in [-0.15, -0.1) is 0 Å². The van der Waals surface area contributed by atoms with Gasteiger partial charge < -0.3 is 15.4 Å². The second-order valence-electron chi connectivity index (χ2n) is 4.71. The van der Waals surface area contributed by atoms with Crippen LogP contribution in [0.3, 0.4) is 0 Å². The molecule has 0 aliphatic rings. The SMILES string of the molecule is CCOc1ccc(CCNC(=O)Nc2ccc(Br)cc2)cc1. The predicted octanol–water partition coefficient (Wildman–Crippen LogP) is 4.21. The average Bonchev–Trinajstić information content (AvgIpc) is 2.52. The zero-order chi connectivity index (χ0) is 15.8. The summed E-state index contributed by atoms with van der Waals surface area (Å²) in [6.07, 6.45) is 0.778. The highest BCUT2D eigenvalue weighted by Crippen LogP contribution is 2.14. The van der Waals surface area contributed by atoms with Crippen LogP contribution >= 0.6 is 15.9 Å². The minimum atomic E-state index is -0.201. The molecule has 0 unspecified atom stereocenters. The summed E-state index contributed by atoms with van der Waals surface area (Å²) in [5.41, 5.74) is 1.93. The minimum absolute atomic E-state index is 0.201. The van der Waals surface area contributed by atoms with E-state index in [2.05, 4.69) is 26.6 Å². The van der Waals surface area contributed by atoms with Gasteiger partial charge in [-0.25, -0.2) is 4.79 Å². The molecular formula is C17H19BrN2O2. The number of ether oxygens (including phenoxy) is 1. The van der Waals surface area contributed by atoms with Gasteiger partial charge in [-0.1, -0.05) is 28.1 Å². The maximum Gasteiger partial charge on any atom is 0.319 e. The average molecular weight is 363 g/mol. The number of carbonyl (C=O) groups excluding carboxylic acids is 1. The molecule has 2 rings (SSSR count). The van der Waals surface area contributed by atoms with E-state index in [-0.39, 0.29) is 6.03 Å². The molecule has 4 nitrogen and oxygen atoms in total. The number of nitrogens with one attached hydrogen (secondary N) is 2. The standard InChI is InChI=1S/C17H19BrN2O2/c1-2-22-16-9-3-13(4-10-16)11-12-19-17(21)20-15-7-5-14(18)6-8-15/h3-10H,2,11-12H2,1H3,(H2,19,20,21). The number of benzene rings is 2. The molecular weight excluding hydrogens is 344 g/mol. The van der Waals surface area contributed by atoms with Crippen LogP contribution in [0.15, 0.2) is 53.0 Å². The Kier molecular flexibility index (Phi) is 6.27. The van der Waals surface area contributed by atoms with Crippen molar-refractivity contribution in [2.75, 3.05) is 18.5 Å². The van der Waals surface area contributed by atoms with Crippen LogP contribution in [0, 0.1) is 0 Å². The molecule has 0 aliphatic heterocycles. The number of hydrogen-bond donors (Lipinski definition) is 2. The number of rotatable bonds is 6. The highest BCUT2D eigenvalue weighted by atomic mass is 79.9. The Hall–Kier alpha value is -2.01. The van der Waals surface area contributed by atoms with Gasteiger partial charge in [0.15, 0.2) is 0 Å². The van der Waals surface area contributed by atoms with Crippen molar-refractivity contribution in [2.45, 2.75) is 13.3 Å². The summed E-state index contributed by atoms with van der Waals surface area (Å²) in [6, 6.07) is 15.2. The zero-order valence-electron chi connectivity index (χ0n) is 12.4. The van der Waals surface area contributed by atoms with Crippen molar-refractivity contribution in [3.05, 3.63) is 58.6 Å². The molecule has 0 atom stereocenters. The highest BCUT2D eigenvalue weighted by Gasteiger charge is 2.01. The zero-order valence-corrected chi connectivity index (χ0v) is 14.0. The predicted molar refractivity (Wildman–Crippen MR) is 92.5 cm³/mol. The molecule has 0 spiro atoms. The quantitative estimate of drug-likeness (QED) is 0.808. The summed E-state index contributed by atoms with van der Waals surface area (Å²) >= 11 is 3.36. The van der Waals surface area contributed by atoms with Crippen LogP contribution in [-0.4, -0.2) is 19.2 Å². The number of anilines is 1. The normalized spacial score (nSPS) is 10.1. The van der Waals surface area contributed by atoms with Crippen LogP contribution < -0.4 is 15.4 Å². The number of amides is 2. The second-order valence-corrected chi connectivity index (χ2v) is 5.63. The van der Waals surface area contributed by atoms with Gasteiger partial charge in [0, 0.05) is 16.7 Å². The summed E-state index contributed by atoms with van der Waals surface area (Å²) in [6.45, 7) is 3.20. The molecule has 2 amide bonds. The lowest BCUT2D eigenvalue weighted by atomic mass is 10.1. The molecule has 2 aromatic rings. The molecule has 0 saturated carbocycles. The third-order valence-electron chi connectivity index (χ3n) is 3.04. The second kappa shape index (κ2) is 8.44. The van der Waals surface area contributed by atoms with Gasteiger partial charge in [0.05, 0.1) is 6.61 Å². The van der Waals surface area contributed by atoms with E-state index in [0.717, 1.165) is 27.9 Å². The number of carbonyl (C=O) groups is 1. The fourth-order valence-electron chi connectivity index (χ4n) is 1.95. The number of halogens is 1. The van der Waals surface area contributed by atoms with Crippen molar-refractivity contribution >= 4 is 27.6 Å². The first-order chi connectivity index (χ1) is 10.7. The van der Waals surface area contributed by atoms with Crippen molar-refractivity contribution in [1.82, 2.24) is 5.32 Å². The maximum absolute atomic E-state index is 11.8. The van der Waals surface area contributed by atoms with Crippen LogP contribution in [0.25, 0.3) is 0 Å². The van der Waals surface area contributed by atoms with Gasteiger partial charge in [0.2, 0.25) is 0 Å². The smallest absolute Gasteiger partial charge is 0.319 e. The summed E-state index contributed by atoms with van der Waals surface area (Å²) in [5, 5.41) is 5.63. The van der Waals surface area contributed by atoms with Crippen LogP contribution in [0.1, 0.15) is 12.5 Å². The van der Waals surface area contributed by atoms with Crippen molar-refractivity contribution in [1.29, 1.82) is 0 Å². The van der Waals surface area contributed by atoms with Gasteiger partial charge in [0.1, 0.15) is 5.75 Å². The van der Waals surface area contributed by atoms with E-state index in [9.17, 15) is 4.79 Å². The molecule has 116 valence electrons. The molecule has 0 radical (unpaired) electrons. The van der Waals surface area contributed by atoms with Gasteiger partial charge in [-0.3, -0.25) is 0 Å². The number of hydrogen-bond acceptors (Lipinski definition) is 2. The van der Waals surface area contributed by atoms with Crippen LogP contribution in [0.5, 0.6) is 5.75 Å². The van der Waals surface area contributed by atoms with E-state index in [0.29, 0.717) is 13.2 Å². The molecule has 0 aliphatic carbocycles. The van der Waals surface area contributed by atoms with Crippen molar-refractivity contribution in [3.8, 4) is 5.75 Å². The fourth-order valence-corrected chi connectivity index (χ4v) is 2.21. The van der Waals surface area contributed by atoms with E-state index in [1.807, 2.05) is 55.5 Å².